The van der Waals surface area contributed by atoms with E-state index in [9.17, 15) is 4.79 Å². The molecular weight excluding hydrogens is 286 g/mol. The summed E-state index contributed by atoms with van der Waals surface area (Å²) in [5, 5.41) is 3.37. The number of amides is 1. The fraction of sp³-hybridized carbons (Fsp3) is 0.562. The van der Waals surface area contributed by atoms with Gasteiger partial charge in [-0.05, 0) is 56.5 Å². The van der Waals surface area contributed by atoms with Crippen LogP contribution in [-0.2, 0) is 4.79 Å². The fourth-order valence-electron chi connectivity index (χ4n) is 2.80. The molecule has 1 aromatic carbocycles. The van der Waals surface area contributed by atoms with Gasteiger partial charge in [-0.3, -0.25) is 4.79 Å². The summed E-state index contributed by atoms with van der Waals surface area (Å²) in [6.07, 6.45) is 4.03. The Labute approximate surface area is 131 Å². The molecule has 116 valence electrons. The van der Waals surface area contributed by atoms with Gasteiger partial charge in [0.2, 0.25) is 5.91 Å². The van der Waals surface area contributed by atoms with E-state index in [1.165, 1.54) is 19.4 Å². The number of benzene rings is 1. The summed E-state index contributed by atoms with van der Waals surface area (Å²) >= 11 is 5.86. The largest absolute Gasteiger partial charge is 0.397 e. The number of nitrogens with one attached hydrogen (secondary N) is 1. The van der Waals surface area contributed by atoms with E-state index in [4.69, 9.17) is 17.3 Å². The van der Waals surface area contributed by atoms with E-state index in [0.717, 1.165) is 25.4 Å². The van der Waals surface area contributed by atoms with Crippen LogP contribution in [0, 0.1) is 5.92 Å². The van der Waals surface area contributed by atoms with Crippen LogP contribution >= 0.6 is 11.6 Å². The van der Waals surface area contributed by atoms with E-state index in [1.54, 1.807) is 18.2 Å². The molecule has 0 spiro atoms. The van der Waals surface area contributed by atoms with Crippen LogP contribution in [0.4, 0.5) is 11.4 Å². The molecule has 4 nitrogen and oxygen atoms in total. The predicted octanol–water partition coefficient (Wildman–Crippen LogP) is 3.37. The van der Waals surface area contributed by atoms with E-state index in [1.807, 2.05) is 0 Å². The van der Waals surface area contributed by atoms with E-state index in [0.29, 0.717) is 22.8 Å². The molecule has 0 saturated carbocycles. The second-order valence-corrected chi connectivity index (χ2v) is 6.34. The third-order valence-electron chi connectivity index (χ3n) is 3.90. The third-order valence-corrected chi connectivity index (χ3v) is 4.24. The Hall–Kier alpha value is -1.26. The Bertz CT molecular complexity index is 492. The molecule has 3 N–H and O–H groups in total. The van der Waals surface area contributed by atoms with Gasteiger partial charge in [0.05, 0.1) is 10.7 Å². The van der Waals surface area contributed by atoms with E-state index in [-0.39, 0.29) is 5.91 Å². The molecule has 1 aromatic rings. The van der Waals surface area contributed by atoms with Crippen LogP contribution in [0.5, 0.6) is 0 Å². The smallest absolute Gasteiger partial charge is 0.224 e. The molecule has 2 rings (SSSR count). The summed E-state index contributed by atoms with van der Waals surface area (Å²) in [6, 6.07) is 5.15. The maximum Gasteiger partial charge on any atom is 0.224 e. The average molecular weight is 310 g/mol. The minimum absolute atomic E-state index is 0.0294. The number of carbonyl (C=O) groups is 1. The molecular formula is C16H24ClN3O. The van der Waals surface area contributed by atoms with E-state index in [2.05, 4.69) is 17.1 Å². The number of hydrogen-bond acceptors (Lipinski definition) is 3. The second kappa shape index (κ2) is 7.66. The molecule has 1 fully saturated rings. The summed E-state index contributed by atoms with van der Waals surface area (Å²) in [6.45, 7) is 5.62. The summed E-state index contributed by atoms with van der Waals surface area (Å²) in [5.41, 5.74) is 6.90. The normalized spacial score (nSPS) is 19.4. The summed E-state index contributed by atoms with van der Waals surface area (Å²) in [5.74, 6) is 0.811. The monoisotopic (exact) mass is 309 g/mol. The fourth-order valence-corrected chi connectivity index (χ4v) is 2.92. The van der Waals surface area contributed by atoms with Gasteiger partial charge in [-0.25, -0.2) is 0 Å². The topological polar surface area (TPSA) is 58.4 Å². The molecule has 1 aliphatic heterocycles. The first-order valence-corrected chi connectivity index (χ1v) is 7.99. The van der Waals surface area contributed by atoms with Gasteiger partial charge >= 0.3 is 0 Å². The zero-order valence-corrected chi connectivity index (χ0v) is 13.3. The van der Waals surface area contributed by atoms with Gasteiger partial charge in [-0.15, -0.1) is 0 Å². The number of anilines is 2. The highest BCUT2D eigenvalue weighted by atomic mass is 35.5. The van der Waals surface area contributed by atoms with Crippen LogP contribution < -0.4 is 11.1 Å². The first-order chi connectivity index (χ1) is 10.0. The van der Waals surface area contributed by atoms with Crippen molar-refractivity contribution in [3.63, 3.8) is 0 Å². The number of rotatable bonds is 5. The number of carbonyl (C=O) groups excluding carboxylic acids is 1. The Morgan fingerprint density at radius 1 is 1.52 bits per heavy atom. The maximum atomic E-state index is 11.9. The molecule has 0 radical (unpaired) electrons. The summed E-state index contributed by atoms with van der Waals surface area (Å²) in [7, 11) is 0. The summed E-state index contributed by atoms with van der Waals surface area (Å²) in [4.78, 5) is 14.4. The van der Waals surface area contributed by atoms with Crippen molar-refractivity contribution in [1.82, 2.24) is 4.90 Å². The summed E-state index contributed by atoms with van der Waals surface area (Å²) < 4.78 is 0. The van der Waals surface area contributed by atoms with Crippen molar-refractivity contribution < 1.29 is 4.79 Å². The average Bonchev–Trinajstić information content (AvgIpc) is 2.43. The highest BCUT2D eigenvalue weighted by Crippen LogP contribution is 2.22. The van der Waals surface area contributed by atoms with Crippen LogP contribution in [0.15, 0.2) is 18.2 Å². The van der Waals surface area contributed by atoms with Crippen LogP contribution in [0.2, 0.25) is 5.02 Å². The molecule has 1 saturated heterocycles. The predicted molar refractivity (Wildman–Crippen MR) is 88.6 cm³/mol. The van der Waals surface area contributed by atoms with E-state index < -0.39 is 0 Å². The Kier molecular flexibility index (Phi) is 5.88. The molecule has 1 heterocycles. The molecule has 1 amide bonds. The number of nitrogens with two attached hydrogens (primary N) is 1. The lowest BCUT2D eigenvalue weighted by molar-refractivity contribution is -0.116. The van der Waals surface area contributed by atoms with Gasteiger partial charge < -0.3 is 16.0 Å². The number of halogens is 1. The van der Waals surface area contributed by atoms with Gasteiger partial charge in [0.1, 0.15) is 0 Å². The molecule has 0 aromatic heterocycles. The second-order valence-electron chi connectivity index (χ2n) is 5.94. The SMILES string of the molecule is CC1CCCN(CCCC(=O)Nc2ccc(Cl)c(N)c2)C1. The number of hydrogen-bond donors (Lipinski definition) is 2. The van der Waals surface area contributed by atoms with Gasteiger partial charge in [-0.1, -0.05) is 18.5 Å². The van der Waals surface area contributed by atoms with Gasteiger partial charge in [0, 0.05) is 18.7 Å². The van der Waals surface area contributed by atoms with Gasteiger partial charge in [0.15, 0.2) is 0 Å². The zero-order chi connectivity index (χ0) is 15.2. The highest BCUT2D eigenvalue weighted by Gasteiger charge is 2.15. The zero-order valence-electron chi connectivity index (χ0n) is 12.6. The third kappa shape index (κ3) is 5.21. The van der Waals surface area contributed by atoms with Crippen molar-refractivity contribution in [2.75, 3.05) is 30.7 Å². The standard InChI is InChI=1S/C16H24ClN3O/c1-12-4-2-8-20(11-12)9-3-5-16(21)19-13-6-7-14(17)15(18)10-13/h6-7,10,12H,2-5,8-9,11,18H2,1H3,(H,19,21). The molecule has 21 heavy (non-hydrogen) atoms. The molecule has 1 unspecified atom stereocenters. The Morgan fingerprint density at radius 3 is 3.05 bits per heavy atom. The first kappa shape index (κ1) is 16.1. The van der Waals surface area contributed by atoms with E-state index >= 15 is 0 Å². The van der Waals surface area contributed by atoms with Crippen molar-refractivity contribution in [2.24, 2.45) is 5.92 Å². The lowest BCUT2D eigenvalue weighted by Crippen LogP contribution is -2.35. The van der Waals surface area contributed by atoms with Crippen molar-refractivity contribution >= 4 is 28.9 Å². The lowest BCUT2D eigenvalue weighted by atomic mass is 10.0. The number of piperidine rings is 1. The quantitative estimate of drug-likeness (QED) is 0.820. The minimum Gasteiger partial charge on any atom is -0.397 e. The lowest BCUT2D eigenvalue weighted by Gasteiger charge is -2.30. The number of nitrogens with zero attached hydrogens (tertiary/aromatic N) is 1. The highest BCUT2D eigenvalue weighted by molar-refractivity contribution is 6.33. The Balaban J connectivity index is 1.70. The van der Waals surface area contributed by atoms with Crippen molar-refractivity contribution in [3.05, 3.63) is 23.2 Å². The van der Waals surface area contributed by atoms with Crippen molar-refractivity contribution in [1.29, 1.82) is 0 Å². The van der Waals surface area contributed by atoms with Crippen molar-refractivity contribution in [3.8, 4) is 0 Å². The van der Waals surface area contributed by atoms with Crippen LogP contribution in [0.3, 0.4) is 0 Å². The number of likely N-dealkylation sites (tertiary alicyclic amines) is 1. The molecule has 1 atom stereocenters. The molecule has 0 bridgehead atoms. The minimum atomic E-state index is 0.0294. The van der Waals surface area contributed by atoms with Gasteiger partial charge in [0.25, 0.3) is 0 Å². The van der Waals surface area contributed by atoms with Crippen molar-refractivity contribution in [2.45, 2.75) is 32.6 Å². The van der Waals surface area contributed by atoms with Crippen LogP contribution in [0.1, 0.15) is 32.6 Å². The molecule has 0 aliphatic carbocycles. The van der Waals surface area contributed by atoms with Crippen LogP contribution in [0.25, 0.3) is 0 Å². The first-order valence-electron chi connectivity index (χ1n) is 7.62. The molecule has 1 aliphatic rings. The van der Waals surface area contributed by atoms with Gasteiger partial charge in [-0.2, -0.15) is 0 Å². The number of nitrogen functional groups attached to an aromatic ring is 1. The maximum absolute atomic E-state index is 11.9. The Morgan fingerprint density at radius 2 is 2.33 bits per heavy atom. The van der Waals surface area contributed by atoms with Crippen LogP contribution in [-0.4, -0.2) is 30.4 Å². The molecule has 5 heteroatoms.